The van der Waals surface area contributed by atoms with Gasteiger partial charge in [0.15, 0.2) is 0 Å². The van der Waals surface area contributed by atoms with Crippen LogP contribution in [-0.4, -0.2) is 12.5 Å². The molecular weight excluding hydrogens is 198 g/mol. The van der Waals surface area contributed by atoms with Crippen LogP contribution in [0.25, 0.3) is 0 Å². The standard InChI is InChI=1S/C14H27NO/c1-4-5-6-7-8-9-10-11-14(16)15-12-13(2)3/h9-10,13H,4-8,11-12H2,1-3H3,(H,15,16)/b10-9+. The summed E-state index contributed by atoms with van der Waals surface area (Å²) in [6.07, 6.45) is 10.9. The Hall–Kier alpha value is -0.790. The SMILES string of the molecule is CCCCCC/C=C/CC(=O)NCC(C)C. The smallest absolute Gasteiger partial charge is 0.223 e. The maximum atomic E-state index is 11.3. The molecule has 0 radical (unpaired) electrons. The Bertz CT molecular complexity index is 197. The summed E-state index contributed by atoms with van der Waals surface area (Å²) < 4.78 is 0. The summed E-state index contributed by atoms with van der Waals surface area (Å²) >= 11 is 0. The molecule has 2 nitrogen and oxygen atoms in total. The Morgan fingerprint density at radius 3 is 2.56 bits per heavy atom. The van der Waals surface area contributed by atoms with Crippen LogP contribution in [0.4, 0.5) is 0 Å². The molecule has 0 aromatic heterocycles. The summed E-state index contributed by atoms with van der Waals surface area (Å²) in [7, 11) is 0. The van der Waals surface area contributed by atoms with Gasteiger partial charge in [-0.05, 0) is 18.8 Å². The topological polar surface area (TPSA) is 29.1 Å². The van der Waals surface area contributed by atoms with Crippen molar-refractivity contribution in [3.63, 3.8) is 0 Å². The van der Waals surface area contributed by atoms with Gasteiger partial charge < -0.3 is 5.32 Å². The van der Waals surface area contributed by atoms with Crippen LogP contribution in [0.2, 0.25) is 0 Å². The van der Waals surface area contributed by atoms with Crippen molar-refractivity contribution in [1.29, 1.82) is 0 Å². The quantitative estimate of drug-likeness (QED) is 0.471. The lowest BCUT2D eigenvalue weighted by Crippen LogP contribution is -2.26. The van der Waals surface area contributed by atoms with E-state index in [0.29, 0.717) is 12.3 Å². The van der Waals surface area contributed by atoms with Crippen LogP contribution in [0.1, 0.15) is 59.3 Å². The Balaban J connectivity index is 3.34. The molecule has 0 aliphatic rings. The number of carbonyl (C=O) groups excluding carboxylic acids is 1. The Labute approximate surface area is 101 Å². The molecule has 0 unspecified atom stereocenters. The van der Waals surface area contributed by atoms with Crippen molar-refractivity contribution in [3.05, 3.63) is 12.2 Å². The van der Waals surface area contributed by atoms with Crippen molar-refractivity contribution >= 4 is 5.91 Å². The van der Waals surface area contributed by atoms with E-state index in [4.69, 9.17) is 0 Å². The molecule has 2 heteroatoms. The van der Waals surface area contributed by atoms with Gasteiger partial charge >= 0.3 is 0 Å². The molecule has 1 N–H and O–H groups in total. The molecule has 0 heterocycles. The van der Waals surface area contributed by atoms with E-state index < -0.39 is 0 Å². The number of unbranched alkanes of at least 4 members (excludes halogenated alkanes) is 4. The first kappa shape index (κ1) is 15.2. The molecule has 0 aliphatic heterocycles. The third-order valence-corrected chi connectivity index (χ3v) is 2.40. The third-order valence-electron chi connectivity index (χ3n) is 2.40. The lowest BCUT2D eigenvalue weighted by Gasteiger charge is -2.05. The van der Waals surface area contributed by atoms with Gasteiger partial charge in [-0.1, -0.05) is 52.2 Å². The van der Waals surface area contributed by atoms with E-state index in [1.165, 1.54) is 25.7 Å². The van der Waals surface area contributed by atoms with Gasteiger partial charge in [0.25, 0.3) is 0 Å². The molecule has 0 saturated heterocycles. The summed E-state index contributed by atoms with van der Waals surface area (Å²) in [5.41, 5.74) is 0. The second-order valence-electron chi connectivity index (χ2n) is 4.72. The number of hydrogen-bond acceptors (Lipinski definition) is 1. The lowest BCUT2D eigenvalue weighted by molar-refractivity contribution is -0.120. The second kappa shape index (κ2) is 10.7. The number of allylic oxidation sites excluding steroid dienone is 1. The summed E-state index contributed by atoms with van der Waals surface area (Å²) in [4.78, 5) is 11.3. The van der Waals surface area contributed by atoms with E-state index in [9.17, 15) is 4.79 Å². The maximum absolute atomic E-state index is 11.3. The first-order valence-corrected chi connectivity index (χ1v) is 6.58. The van der Waals surface area contributed by atoms with Gasteiger partial charge in [-0.2, -0.15) is 0 Å². The van der Waals surface area contributed by atoms with E-state index >= 15 is 0 Å². The average Bonchev–Trinajstić information content (AvgIpc) is 2.25. The van der Waals surface area contributed by atoms with Crippen LogP contribution in [-0.2, 0) is 4.79 Å². The highest BCUT2D eigenvalue weighted by Crippen LogP contribution is 2.03. The zero-order chi connectivity index (χ0) is 12.2. The predicted octanol–water partition coefficient (Wildman–Crippen LogP) is 3.68. The normalized spacial score (nSPS) is 11.2. The highest BCUT2D eigenvalue weighted by Gasteiger charge is 1.98. The lowest BCUT2D eigenvalue weighted by atomic mass is 10.1. The monoisotopic (exact) mass is 225 g/mol. The summed E-state index contributed by atoms with van der Waals surface area (Å²) in [5.74, 6) is 0.667. The van der Waals surface area contributed by atoms with Crippen molar-refractivity contribution in [2.75, 3.05) is 6.54 Å². The van der Waals surface area contributed by atoms with E-state index in [2.05, 4.69) is 32.2 Å². The van der Waals surface area contributed by atoms with Crippen LogP contribution in [0, 0.1) is 5.92 Å². The second-order valence-corrected chi connectivity index (χ2v) is 4.72. The molecule has 0 aromatic rings. The van der Waals surface area contributed by atoms with Crippen molar-refractivity contribution in [2.45, 2.75) is 59.3 Å². The molecule has 0 saturated carbocycles. The molecule has 0 aromatic carbocycles. The third kappa shape index (κ3) is 11.3. The van der Waals surface area contributed by atoms with E-state index in [1.807, 2.05) is 6.08 Å². The van der Waals surface area contributed by atoms with Gasteiger partial charge in [-0.25, -0.2) is 0 Å². The van der Waals surface area contributed by atoms with Crippen molar-refractivity contribution < 1.29 is 4.79 Å². The van der Waals surface area contributed by atoms with Crippen LogP contribution in [0.5, 0.6) is 0 Å². The number of nitrogens with one attached hydrogen (secondary N) is 1. The van der Waals surface area contributed by atoms with Crippen molar-refractivity contribution in [2.24, 2.45) is 5.92 Å². The molecule has 0 rings (SSSR count). The Morgan fingerprint density at radius 1 is 1.19 bits per heavy atom. The fourth-order valence-electron chi connectivity index (χ4n) is 1.39. The Morgan fingerprint density at radius 2 is 1.94 bits per heavy atom. The van der Waals surface area contributed by atoms with E-state index in [-0.39, 0.29) is 5.91 Å². The highest BCUT2D eigenvalue weighted by atomic mass is 16.1. The number of amides is 1. The van der Waals surface area contributed by atoms with Crippen LogP contribution < -0.4 is 5.32 Å². The molecule has 0 atom stereocenters. The van der Waals surface area contributed by atoms with Gasteiger partial charge in [0, 0.05) is 13.0 Å². The first-order valence-electron chi connectivity index (χ1n) is 6.58. The molecule has 0 bridgehead atoms. The molecule has 94 valence electrons. The van der Waals surface area contributed by atoms with Gasteiger partial charge in [0.1, 0.15) is 0 Å². The molecule has 16 heavy (non-hydrogen) atoms. The summed E-state index contributed by atoms with van der Waals surface area (Å²) in [6.45, 7) is 7.20. The Kier molecular flexibility index (Phi) is 10.2. The average molecular weight is 225 g/mol. The molecule has 0 aliphatic carbocycles. The largest absolute Gasteiger partial charge is 0.356 e. The molecule has 0 spiro atoms. The molecular formula is C14H27NO. The fourth-order valence-corrected chi connectivity index (χ4v) is 1.39. The highest BCUT2D eigenvalue weighted by molar-refractivity contribution is 5.77. The fraction of sp³-hybridized carbons (Fsp3) is 0.786. The first-order chi connectivity index (χ1) is 7.66. The number of carbonyl (C=O) groups is 1. The van der Waals surface area contributed by atoms with Crippen LogP contribution in [0.3, 0.4) is 0 Å². The predicted molar refractivity (Wildman–Crippen MR) is 70.4 cm³/mol. The summed E-state index contributed by atoms with van der Waals surface area (Å²) in [6, 6.07) is 0. The van der Waals surface area contributed by atoms with E-state index in [0.717, 1.165) is 13.0 Å². The minimum Gasteiger partial charge on any atom is -0.356 e. The molecule has 0 fully saturated rings. The summed E-state index contributed by atoms with van der Waals surface area (Å²) in [5, 5.41) is 2.90. The van der Waals surface area contributed by atoms with Gasteiger partial charge in [-0.3, -0.25) is 4.79 Å². The maximum Gasteiger partial charge on any atom is 0.223 e. The van der Waals surface area contributed by atoms with Gasteiger partial charge in [0.05, 0.1) is 0 Å². The van der Waals surface area contributed by atoms with Crippen LogP contribution >= 0.6 is 0 Å². The number of rotatable bonds is 9. The zero-order valence-corrected chi connectivity index (χ0v) is 11.1. The van der Waals surface area contributed by atoms with Crippen molar-refractivity contribution in [3.8, 4) is 0 Å². The zero-order valence-electron chi connectivity index (χ0n) is 11.1. The van der Waals surface area contributed by atoms with Gasteiger partial charge in [-0.15, -0.1) is 0 Å². The van der Waals surface area contributed by atoms with E-state index in [1.54, 1.807) is 0 Å². The van der Waals surface area contributed by atoms with Crippen molar-refractivity contribution in [1.82, 2.24) is 5.32 Å². The number of hydrogen-bond donors (Lipinski definition) is 1. The molecule has 1 amide bonds. The minimum atomic E-state index is 0.138. The van der Waals surface area contributed by atoms with Crippen LogP contribution in [0.15, 0.2) is 12.2 Å². The van der Waals surface area contributed by atoms with Gasteiger partial charge in [0.2, 0.25) is 5.91 Å². The minimum absolute atomic E-state index is 0.138.